The van der Waals surface area contributed by atoms with E-state index in [0.29, 0.717) is 23.2 Å². The van der Waals surface area contributed by atoms with Crippen molar-refractivity contribution < 1.29 is 9.53 Å². The second-order valence-corrected chi connectivity index (χ2v) is 11.0. The van der Waals surface area contributed by atoms with Gasteiger partial charge in [0.05, 0.1) is 12.7 Å². The van der Waals surface area contributed by atoms with E-state index in [9.17, 15) is 4.79 Å². The summed E-state index contributed by atoms with van der Waals surface area (Å²) < 4.78 is 6.34. The number of fused-ring (bicyclic) bond motifs is 5. The topological polar surface area (TPSA) is 26.3 Å². The van der Waals surface area contributed by atoms with Crippen molar-refractivity contribution >= 4 is 5.78 Å². The van der Waals surface area contributed by atoms with Crippen LogP contribution in [0.4, 0.5) is 0 Å². The predicted molar refractivity (Wildman–Crippen MR) is 116 cm³/mol. The number of benzene rings is 1. The fraction of sp³-hybridized carbons (Fsp3) is 0.741. The molecular formula is C27H38O2. The van der Waals surface area contributed by atoms with Gasteiger partial charge in [0.15, 0.2) is 0 Å². The van der Waals surface area contributed by atoms with Gasteiger partial charge in [0.25, 0.3) is 0 Å². The smallest absolute Gasteiger partial charge is 0.133 e. The van der Waals surface area contributed by atoms with Gasteiger partial charge in [0.1, 0.15) is 5.78 Å². The van der Waals surface area contributed by atoms with E-state index in [2.05, 4.69) is 37.3 Å². The standard InChI is InChI=1S/C27H38O2/c1-18(28)25-12-13-26-24-10-8-20-16-21(29-17-19-6-4-3-5-7-19)9-11-22(20)23(24)14-15-27(25,26)2/h3-7,20-26H,8-17H2,1-2H3/t20-,21-,22+,23-,24-,25-,26+,27-/m1/s1. The minimum atomic E-state index is 0.301. The minimum absolute atomic E-state index is 0.301. The molecule has 2 heteroatoms. The van der Waals surface area contributed by atoms with Crippen LogP contribution in [0.15, 0.2) is 30.3 Å². The fourth-order valence-electron chi connectivity index (χ4n) is 8.42. The molecule has 29 heavy (non-hydrogen) atoms. The molecule has 0 unspecified atom stereocenters. The Kier molecular flexibility index (Phi) is 5.35. The number of ether oxygens (including phenoxy) is 1. The van der Waals surface area contributed by atoms with Crippen molar-refractivity contribution in [2.24, 2.45) is 40.9 Å². The van der Waals surface area contributed by atoms with E-state index in [0.717, 1.165) is 42.6 Å². The predicted octanol–water partition coefficient (Wildman–Crippen LogP) is 6.43. The molecule has 8 atom stereocenters. The molecule has 0 heterocycles. The normalized spacial score (nSPS) is 43.9. The Morgan fingerprint density at radius 1 is 0.966 bits per heavy atom. The van der Waals surface area contributed by atoms with Crippen molar-refractivity contribution in [3.05, 3.63) is 35.9 Å². The first-order valence-corrected chi connectivity index (χ1v) is 12.2. The molecule has 0 aromatic heterocycles. The summed E-state index contributed by atoms with van der Waals surface area (Å²) in [6.07, 6.45) is 12.3. The van der Waals surface area contributed by atoms with Crippen LogP contribution < -0.4 is 0 Å². The lowest BCUT2D eigenvalue weighted by atomic mass is 9.49. The number of carbonyl (C=O) groups is 1. The third-order valence-corrected chi connectivity index (χ3v) is 9.73. The Morgan fingerprint density at radius 2 is 1.76 bits per heavy atom. The van der Waals surface area contributed by atoms with Gasteiger partial charge in [0.2, 0.25) is 0 Å². The van der Waals surface area contributed by atoms with Crippen molar-refractivity contribution in [3.63, 3.8) is 0 Å². The molecule has 0 amide bonds. The molecule has 5 rings (SSSR count). The number of carbonyl (C=O) groups excluding carboxylic acids is 1. The molecule has 1 aromatic carbocycles. The van der Waals surface area contributed by atoms with Gasteiger partial charge in [-0.1, -0.05) is 37.3 Å². The van der Waals surface area contributed by atoms with E-state index in [1.54, 1.807) is 0 Å². The summed E-state index contributed by atoms with van der Waals surface area (Å²) in [5, 5.41) is 0. The zero-order chi connectivity index (χ0) is 20.0. The maximum Gasteiger partial charge on any atom is 0.133 e. The number of Topliss-reactive ketones (excluding diaryl/α,β-unsaturated/α-hetero) is 1. The second kappa shape index (κ2) is 7.84. The highest BCUT2D eigenvalue weighted by Crippen LogP contribution is 2.64. The molecule has 4 aliphatic rings. The zero-order valence-corrected chi connectivity index (χ0v) is 18.3. The number of ketones is 1. The molecule has 0 saturated heterocycles. The molecular weight excluding hydrogens is 356 g/mol. The van der Waals surface area contributed by atoms with Gasteiger partial charge in [-0.3, -0.25) is 4.79 Å². The SMILES string of the molecule is CC(=O)[C@H]1CC[C@H]2[C@@H]3CC[C@@H]4C[C@H](OCc5ccccc5)CC[C@@H]4[C@H]3CC[C@]12C. The third kappa shape index (κ3) is 3.50. The van der Waals surface area contributed by atoms with Crippen molar-refractivity contribution in [1.29, 1.82) is 0 Å². The highest BCUT2D eigenvalue weighted by molar-refractivity contribution is 5.79. The molecule has 0 bridgehead atoms. The largest absolute Gasteiger partial charge is 0.374 e. The summed E-state index contributed by atoms with van der Waals surface area (Å²) in [5.41, 5.74) is 1.60. The van der Waals surface area contributed by atoms with Gasteiger partial charge in [-0.05, 0) is 105 Å². The first kappa shape index (κ1) is 19.8. The lowest BCUT2D eigenvalue weighted by molar-refractivity contribution is -0.129. The summed E-state index contributed by atoms with van der Waals surface area (Å²) in [4.78, 5) is 12.3. The molecule has 158 valence electrons. The van der Waals surface area contributed by atoms with Crippen LogP contribution >= 0.6 is 0 Å². The molecule has 0 spiro atoms. The van der Waals surface area contributed by atoms with E-state index in [-0.39, 0.29) is 0 Å². The average Bonchev–Trinajstić information content (AvgIpc) is 3.10. The number of hydrogen-bond donors (Lipinski definition) is 0. The van der Waals surface area contributed by atoms with Crippen LogP contribution in [0.5, 0.6) is 0 Å². The number of hydrogen-bond acceptors (Lipinski definition) is 2. The van der Waals surface area contributed by atoms with Crippen molar-refractivity contribution in [2.75, 3.05) is 0 Å². The molecule has 1 aromatic rings. The van der Waals surface area contributed by atoms with Crippen LogP contribution in [0.3, 0.4) is 0 Å². The Morgan fingerprint density at radius 3 is 2.55 bits per heavy atom. The van der Waals surface area contributed by atoms with Crippen LogP contribution in [0.2, 0.25) is 0 Å². The van der Waals surface area contributed by atoms with Gasteiger partial charge in [-0.15, -0.1) is 0 Å². The maximum atomic E-state index is 12.3. The maximum absolute atomic E-state index is 12.3. The minimum Gasteiger partial charge on any atom is -0.374 e. The lowest BCUT2D eigenvalue weighted by Gasteiger charge is -2.56. The van der Waals surface area contributed by atoms with Gasteiger partial charge < -0.3 is 4.74 Å². The van der Waals surface area contributed by atoms with E-state index in [4.69, 9.17) is 4.74 Å². The molecule has 2 nitrogen and oxygen atoms in total. The second-order valence-electron chi connectivity index (χ2n) is 11.0. The Labute approximate surface area is 176 Å². The van der Waals surface area contributed by atoms with Crippen LogP contribution in [0.1, 0.15) is 77.2 Å². The monoisotopic (exact) mass is 394 g/mol. The van der Waals surface area contributed by atoms with E-state index in [1.165, 1.54) is 56.9 Å². The summed E-state index contributed by atoms with van der Waals surface area (Å²) in [5.74, 6) is 5.22. The van der Waals surface area contributed by atoms with Crippen LogP contribution in [0, 0.1) is 40.9 Å². The van der Waals surface area contributed by atoms with Crippen molar-refractivity contribution in [2.45, 2.75) is 84.3 Å². The lowest BCUT2D eigenvalue weighted by Crippen LogP contribution is -2.49. The Hall–Kier alpha value is -1.15. The summed E-state index contributed by atoms with van der Waals surface area (Å²) in [7, 11) is 0. The van der Waals surface area contributed by atoms with Gasteiger partial charge in [-0.2, -0.15) is 0 Å². The first-order chi connectivity index (χ1) is 14.1. The van der Waals surface area contributed by atoms with E-state index < -0.39 is 0 Å². The summed E-state index contributed by atoms with van der Waals surface area (Å²) >= 11 is 0. The van der Waals surface area contributed by atoms with Crippen LogP contribution in [-0.2, 0) is 16.1 Å². The molecule has 0 aliphatic heterocycles. The van der Waals surface area contributed by atoms with Gasteiger partial charge in [-0.25, -0.2) is 0 Å². The third-order valence-electron chi connectivity index (χ3n) is 9.73. The average molecular weight is 395 g/mol. The van der Waals surface area contributed by atoms with Crippen molar-refractivity contribution in [3.8, 4) is 0 Å². The first-order valence-electron chi connectivity index (χ1n) is 12.2. The van der Waals surface area contributed by atoms with Gasteiger partial charge >= 0.3 is 0 Å². The van der Waals surface area contributed by atoms with Gasteiger partial charge in [0, 0.05) is 5.92 Å². The Bertz CT molecular complexity index is 727. The van der Waals surface area contributed by atoms with E-state index in [1.807, 2.05) is 6.92 Å². The Balaban J connectivity index is 1.22. The fourth-order valence-corrected chi connectivity index (χ4v) is 8.42. The molecule has 4 saturated carbocycles. The zero-order valence-electron chi connectivity index (χ0n) is 18.3. The molecule has 4 aliphatic carbocycles. The van der Waals surface area contributed by atoms with E-state index >= 15 is 0 Å². The highest BCUT2D eigenvalue weighted by Gasteiger charge is 2.57. The van der Waals surface area contributed by atoms with Crippen molar-refractivity contribution in [1.82, 2.24) is 0 Å². The quantitative estimate of drug-likeness (QED) is 0.588. The molecule has 4 fully saturated rings. The molecule has 0 N–H and O–H groups in total. The van der Waals surface area contributed by atoms with Crippen LogP contribution in [-0.4, -0.2) is 11.9 Å². The highest BCUT2D eigenvalue weighted by atomic mass is 16.5. The van der Waals surface area contributed by atoms with Crippen LogP contribution in [0.25, 0.3) is 0 Å². The number of rotatable bonds is 4. The summed E-state index contributed by atoms with van der Waals surface area (Å²) in [6.45, 7) is 5.08. The molecule has 0 radical (unpaired) electrons. The summed E-state index contributed by atoms with van der Waals surface area (Å²) in [6, 6.07) is 10.6.